The van der Waals surface area contributed by atoms with Gasteiger partial charge >= 0.3 is 0 Å². The van der Waals surface area contributed by atoms with Gasteiger partial charge in [-0.1, -0.05) is 28.9 Å². The van der Waals surface area contributed by atoms with Gasteiger partial charge in [-0.05, 0) is 43.2 Å². The number of rotatable bonds is 2. The summed E-state index contributed by atoms with van der Waals surface area (Å²) in [6.07, 6.45) is 2.66. The molecule has 3 atom stereocenters. The van der Waals surface area contributed by atoms with Crippen LogP contribution in [-0.4, -0.2) is 4.83 Å². The van der Waals surface area contributed by atoms with E-state index in [1.54, 1.807) is 0 Å². The maximum atomic E-state index is 13.5. The van der Waals surface area contributed by atoms with E-state index in [1.165, 1.54) is 18.2 Å². The number of benzene rings is 1. The third-order valence-corrected chi connectivity index (χ3v) is 4.95. The topological polar surface area (TPSA) is 0 Å². The molecule has 0 aromatic heterocycles. The second kappa shape index (κ2) is 4.82. The van der Waals surface area contributed by atoms with Crippen molar-refractivity contribution in [2.45, 2.75) is 31.0 Å². The zero-order chi connectivity index (χ0) is 11.7. The van der Waals surface area contributed by atoms with Gasteiger partial charge in [-0.3, -0.25) is 0 Å². The molecule has 0 amide bonds. The van der Waals surface area contributed by atoms with E-state index >= 15 is 0 Å². The third kappa shape index (κ3) is 2.29. The number of hydrogen-bond donors (Lipinski definition) is 0. The highest BCUT2D eigenvalue weighted by molar-refractivity contribution is 9.09. The zero-order valence-corrected chi connectivity index (χ0v) is 10.8. The summed E-state index contributed by atoms with van der Waals surface area (Å²) < 4.78 is 27.0. The summed E-state index contributed by atoms with van der Waals surface area (Å²) in [5, 5.41) is 0. The van der Waals surface area contributed by atoms with Crippen LogP contribution in [0.25, 0.3) is 0 Å². The maximum absolute atomic E-state index is 13.5. The van der Waals surface area contributed by atoms with Gasteiger partial charge in [0, 0.05) is 10.4 Å². The molecule has 3 unspecified atom stereocenters. The predicted octanol–water partition coefficient (Wildman–Crippen LogP) is 4.32. The first-order valence-electron chi connectivity index (χ1n) is 5.66. The van der Waals surface area contributed by atoms with Crippen molar-refractivity contribution >= 4 is 15.9 Å². The summed E-state index contributed by atoms with van der Waals surface area (Å²) in [5.74, 6) is 0.0465. The van der Waals surface area contributed by atoms with E-state index in [1.807, 2.05) is 0 Å². The predicted molar refractivity (Wildman–Crippen MR) is 64.7 cm³/mol. The second-order valence-corrected chi connectivity index (χ2v) is 5.79. The lowest BCUT2D eigenvalue weighted by Gasteiger charge is -2.17. The Balaban J connectivity index is 2.15. The van der Waals surface area contributed by atoms with Crippen molar-refractivity contribution in [3.63, 3.8) is 0 Å². The summed E-state index contributed by atoms with van der Waals surface area (Å²) in [4.78, 5) is 0.493. The summed E-state index contributed by atoms with van der Waals surface area (Å²) in [6, 6.07) is 4.09. The lowest BCUT2D eigenvalue weighted by Crippen LogP contribution is -2.14. The van der Waals surface area contributed by atoms with Crippen LogP contribution in [0.1, 0.15) is 25.3 Å². The highest BCUT2D eigenvalue weighted by Gasteiger charge is 2.31. The highest BCUT2D eigenvalue weighted by Crippen LogP contribution is 2.38. The fourth-order valence-electron chi connectivity index (χ4n) is 2.47. The summed E-state index contributed by atoms with van der Waals surface area (Å²) in [5.41, 5.74) is 0.251. The first-order chi connectivity index (χ1) is 7.59. The Morgan fingerprint density at radius 2 is 1.88 bits per heavy atom. The quantitative estimate of drug-likeness (QED) is 0.711. The Bertz CT molecular complexity index is 358. The Morgan fingerprint density at radius 1 is 1.25 bits per heavy atom. The van der Waals surface area contributed by atoms with Crippen molar-refractivity contribution < 1.29 is 8.78 Å². The Morgan fingerprint density at radius 3 is 2.38 bits per heavy atom. The lowest BCUT2D eigenvalue weighted by molar-refractivity contribution is 0.406. The highest BCUT2D eigenvalue weighted by atomic mass is 79.9. The molecule has 0 nitrogen and oxygen atoms in total. The molecule has 0 heterocycles. The largest absolute Gasteiger partial charge is 0.207 e. The van der Waals surface area contributed by atoms with Crippen molar-refractivity contribution in [3.8, 4) is 0 Å². The fourth-order valence-corrected chi connectivity index (χ4v) is 3.17. The van der Waals surface area contributed by atoms with E-state index in [-0.39, 0.29) is 5.56 Å². The molecule has 0 aliphatic heterocycles. The minimum absolute atomic E-state index is 0.251. The van der Waals surface area contributed by atoms with Crippen LogP contribution in [-0.2, 0) is 6.42 Å². The Hall–Kier alpha value is -0.440. The van der Waals surface area contributed by atoms with Crippen LogP contribution < -0.4 is 0 Å². The standard InChI is InChI=1S/C13H15BrF2/c1-8-9(5-6-11(8)14)7-10-12(15)3-2-4-13(10)16/h2-4,8-9,11H,5-7H2,1H3. The van der Waals surface area contributed by atoms with E-state index in [0.717, 1.165) is 12.8 Å². The SMILES string of the molecule is CC1C(Br)CCC1Cc1c(F)cccc1F. The van der Waals surface area contributed by atoms with E-state index < -0.39 is 11.6 Å². The fraction of sp³-hybridized carbons (Fsp3) is 0.538. The second-order valence-electron chi connectivity index (χ2n) is 4.62. The Kier molecular flexibility index (Phi) is 3.63. The smallest absolute Gasteiger partial charge is 0.129 e. The molecule has 1 aliphatic carbocycles. The van der Waals surface area contributed by atoms with Gasteiger partial charge in [0.05, 0.1) is 0 Å². The van der Waals surface area contributed by atoms with Gasteiger partial charge in [-0.2, -0.15) is 0 Å². The summed E-state index contributed by atoms with van der Waals surface area (Å²) >= 11 is 3.61. The van der Waals surface area contributed by atoms with Gasteiger partial charge in [0.2, 0.25) is 0 Å². The first kappa shape index (κ1) is 12.0. The van der Waals surface area contributed by atoms with Crippen LogP contribution in [0.2, 0.25) is 0 Å². The molecule has 3 heteroatoms. The molecule has 0 saturated heterocycles. The molecule has 1 saturated carbocycles. The van der Waals surface area contributed by atoms with Crippen molar-refractivity contribution in [1.82, 2.24) is 0 Å². The first-order valence-corrected chi connectivity index (χ1v) is 6.58. The third-order valence-electron chi connectivity index (χ3n) is 3.66. The maximum Gasteiger partial charge on any atom is 0.129 e. The Labute approximate surface area is 103 Å². The van der Waals surface area contributed by atoms with Crippen molar-refractivity contribution in [2.24, 2.45) is 11.8 Å². The van der Waals surface area contributed by atoms with E-state index in [2.05, 4.69) is 22.9 Å². The van der Waals surface area contributed by atoms with Gasteiger partial charge in [0.15, 0.2) is 0 Å². The lowest BCUT2D eigenvalue weighted by atomic mass is 9.90. The van der Waals surface area contributed by atoms with Crippen LogP contribution in [0.4, 0.5) is 8.78 Å². The summed E-state index contributed by atoms with van der Waals surface area (Å²) in [6.45, 7) is 2.15. The monoisotopic (exact) mass is 288 g/mol. The van der Waals surface area contributed by atoms with Crippen LogP contribution in [0.3, 0.4) is 0 Å². The number of halogens is 3. The van der Waals surface area contributed by atoms with Gasteiger partial charge in [0.25, 0.3) is 0 Å². The van der Waals surface area contributed by atoms with Gasteiger partial charge < -0.3 is 0 Å². The molecule has 0 radical (unpaired) electrons. The zero-order valence-electron chi connectivity index (χ0n) is 9.22. The van der Waals surface area contributed by atoms with E-state index in [9.17, 15) is 8.78 Å². The van der Waals surface area contributed by atoms with Crippen molar-refractivity contribution in [2.75, 3.05) is 0 Å². The molecule has 2 rings (SSSR count). The molecule has 1 aromatic carbocycles. The molecular weight excluding hydrogens is 274 g/mol. The van der Waals surface area contributed by atoms with Gasteiger partial charge in [0.1, 0.15) is 11.6 Å². The average molecular weight is 289 g/mol. The van der Waals surface area contributed by atoms with Crippen LogP contribution >= 0.6 is 15.9 Å². The molecule has 0 bridgehead atoms. The molecule has 16 heavy (non-hydrogen) atoms. The minimum Gasteiger partial charge on any atom is -0.207 e. The summed E-state index contributed by atoms with van der Waals surface area (Å²) in [7, 11) is 0. The van der Waals surface area contributed by atoms with Crippen LogP contribution in [0.5, 0.6) is 0 Å². The average Bonchev–Trinajstić information content (AvgIpc) is 2.55. The molecule has 1 aromatic rings. The van der Waals surface area contributed by atoms with Crippen molar-refractivity contribution in [1.29, 1.82) is 0 Å². The normalized spacial score (nSPS) is 29.6. The minimum atomic E-state index is -0.412. The molecule has 88 valence electrons. The molecule has 1 fully saturated rings. The molecular formula is C13H15BrF2. The van der Waals surface area contributed by atoms with E-state index in [0.29, 0.717) is 23.1 Å². The van der Waals surface area contributed by atoms with Gasteiger partial charge in [-0.25, -0.2) is 8.78 Å². The number of alkyl halides is 1. The van der Waals surface area contributed by atoms with Crippen LogP contribution in [0.15, 0.2) is 18.2 Å². The van der Waals surface area contributed by atoms with E-state index in [4.69, 9.17) is 0 Å². The van der Waals surface area contributed by atoms with Gasteiger partial charge in [-0.15, -0.1) is 0 Å². The molecule has 0 N–H and O–H groups in total. The van der Waals surface area contributed by atoms with Crippen LogP contribution in [0, 0.1) is 23.5 Å². The number of hydrogen-bond acceptors (Lipinski definition) is 0. The molecule has 0 spiro atoms. The van der Waals surface area contributed by atoms with Crippen molar-refractivity contribution in [3.05, 3.63) is 35.4 Å². The molecule has 1 aliphatic rings.